The fourth-order valence-electron chi connectivity index (χ4n) is 2.51. The molecule has 2 fully saturated rings. The summed E-state index contributed by atoms with van der Waals surface area (Å²) in [4.78, 5) is 3.98. The fraction of sp³-hybridized carbons (Fsp3) is 0.667. The molecule has 0 unspecified atom stereocenters. The summed E-state index contributed by atoms with van der Waals surface area (Å²) in [5.74, 6) is 0.335. The summed E-state index contributed by atoms with van der Waals surface area (Å²) in [6.45, 7) is 7.92. The number of hydrogen-bond donors (Lipinski definition) is 0. The van der Waals surface area contributed by atoms with Crippen LogP contribution < -0.4 is 5.46 Å². The summed E-state index contributed by atoms with van der Waals surface area (Å²) in [5.41, 5.74) is 0.547. The van der Waals surface area contributed by atoms with E-state index in [1.54, 1.807) is 6.20 Å². The van der Waals surface area contributed by atoms with Gasteiger partial charge in [0.05, 0.1) is 17.4 Å². The van der Waals surface area contributed by atoms with Crippen molar-refractivity contribution in [2.24, 2.45) is 5.92 Å². The normalized spacial score (nSPS) is 24.1. The van der Waals surface area contributed by atoms with Gasteiger partial charge in [0, 0.05) is 11.7 Å². The molecule has 1 saturated heterocycles. The van der Waals surface area contributed by atoms with Crippen LogP contribution in [0.2, 0.25) is 0 Å². The zero-order valence-electron chi connectivity index (χ0n) is 12.6. The smallest absolute Gasteiger partial charge is 0.399 e. The summed E-state index contributed by atoms with van der Waals surface area (Å²) in [6.07, 6.45) is 6.31. The molecular weight excluding hydrogens is 256 g/mol. The predicted octanol–water partition coefficient (Wildman–Crippen LogP) is 2.47. The molecule has 2 heterocycles. The first-order valence-electron chi connectivity index (χ1n) is 7.28. The van der Waals surface area contributed by atoms with E-state index in [2.05, 4.69) is 4.98 Å². The molecule has 20 heavy (non-hydrogen) atoms. The highest BCUT2D eigenvalue weighted by molar-refractivity contribution is 6.62. The van der Waals surface area contributed by atoms with Gasteiger partial charge in [0.15, 0.2) is 0 Å². The molecule has 3 nitrogen and oxygen atoms in total. The Kier molecular flexibility index (Phi) is 3.18. The van der Waals surface area contributed by atoms with Crippen LogP contribution in [-0.2, 0) is 15.7 Å². The van der Waals surface area contributed by atoms with Crippen LogP contribution in [0.5, 0.6) is 0 Å². The third kappa shape index (κ3) is 2.37. The van der Waals surface area contributed by atoms with E-state index in [1.807, 2.05) is 27.7 Å². The Morgan fingerprint density at radius 2 is 1.80 bits per heavy atom. The van der Waals surface area contributed by atoms with Gasteiger partial charge in [-0.15, -0.1) is 0 Å². The van der Waals surface area contributed by atoms with Crippen molar-refractivity contribution in [2.45, 2.75) is 58.2 Å². The van der Waals surface area contributed by atoms with E-state index in [4.69, 9.17) is 9.31 Å². The lowest BCUT2D eigenvalue weighted by molar-refractivity contribution is 0.00578. The molecule has 0 aromatic carbocycles. The Morgan fingerprint density at radius 3 is 2.35 bits per heavy atom. The molecule has 1 aliphatic carbocycles. The van der Waals surface area contributed by atoms with Crippen LogP contribution in [0.1, 0.15) is 46.1 Å². The summed E-state index contributed by atoms with van der Waals surface area (Å²) < 4.78 is 26.2. The van der Waals surface area contributed by atoms with Gasteiger partial charge in [-0.1, -0.05) is 0 Å². The maximum absolute atomic E-state index is 14.3. The minimum Gasteiger partial charge on any atom is -0.399 e. The van der Waals surface area contributed by atoms with Crippen LogP contribution in [0.15, 0.2) is 12.4 Å². The van der Waals surface area contributed by atoms with Crippen LogP contribution in [0.3, 0.4) is 0 Å². The summed E-state index contributed by atoms with van der Waals surface area (Å²) in [7, 11) is -0.642. The highest BCUT2D eigenvalue weighted by Crippen LogP contribution is 2.37. The van der Waals surface area contributed by atoms with Gasteiger partial charge >= 0.3 is 7.12 Å². The van der Waals surface area contributed by atoms with Gasteiger partial charge in [-0.05, 0) is 58.4 Å². The molecule has 0 amide bonds. The maximum atomic E-state index is 14.3. The highest BCUT2D eigenvalue weighted by atomic mass is 19.1. The minimum atomic E-state index is -0.642. The first-order valence-corrected chi connectivity index (χ1v) is 7.28. The van der Waals surface area contributed by atoms with Crippen molar-refractivity contribution in [3.63, 3.8) is 0 Å². The topological polar surface area (TPSA) is 31.4 Å². The van der Waals surface area contributed by atoms with Crippen LogP contribution in [-0.4, -0.2) is 23.3 Å². The second-order valence-corrected chi connectivity index (χ2v) is 6.93. The van der Waals surface area contributed by atoms with Gasteiger partial charge in [-0.25, -0.2) is 4.39 Å². The molecule has 0 radical (unpaired) electrons. The van der Waals surface area contributed by atoms with Crippen molar-refractivity contribution in [1.82, 2.24) is 4.98 Å². The van der Waals surface area contributed by atoms with Gasteiger partial charge in [0.2, 0.25) is 0 Å². The van der Waals surface area contributed by atoms with E-state index >= 15 is 0 Å². The van der Waals surface area contributed by atoms with Crippen LogP contribution in [0.25, 0.3) is 0 Å². The number of nitrogens with zero attached hydrogens (tertiary/aromatic N) is 1. The summed E-state index contributed by atoms with van der Waals surface area (Å²) >= 11 is 0. The number of hydrogen-bond acceptors (Lipinski definition) is 3. The van der Waals surface area contributed by atoms with E-state index < -0.39 is 18.3 Å². The molecule has 1 aromatic heterocycles. The van der Waals surface area contributed by atoms with Gasteiger partial charge in [-0.3, -0.25) is 4.98 Å². The van der Waals surface area contributed by atoms with Gasteiger partial charge < -0.3 is 9.31 Å². The summed E-state index contributed by atoms with van der Waals surface area (Å²) in [5, 5.41) is 0. The van der Waals surface area contributed by atoms with E-state index in [0.717, 1.165) is 12.0 Å². The molecule has 1 aliphatic heterocycles. The summed E-state index contributed by atoms with van der Waals surface area (Å²) in [6, 6.07) is 0. The van der Waals surface area contributed by atoms with Crippen molar-refractivity contribution in [1.29, 1.82) is 0 Å². The van der Waals surface area contributed by atoms with Crippen molar-refractivity contribution >= 4 is 12.6 Å². The fourth-order valence-corrected chi connectivity index (χ4v) is 2.51. The zero-order valence-corrected chi connectivity index (χ0v) is 12.6. The van der Waals surface area contributed by atoms with Crippen LogP contribution in [0.4, 0.5) is 4.39 Å². The third-order valence-corrected chi connectivity index (χ3v) is 4.72. The number of pyridine rings is 1. The Hall–Kier alpha value is -0.935. The Labute approximate surface area is 120 Å². The standard InChI is InChI=1S/C15H21BFNO2/c1-14(2)15(3,4)20-16(19-14)13-11(7-10-5-6-10)8-18-9-12(13)17/h8-10H,5-7H2,1-4H3. The molecule has 1 aromatic rings. The predicted molar refractivity (Wildman–Crippen MR) is 76.3 cm³/mol. The zero-order chi connectivity index (χ0) is 14.5. The molecule has 0 spiro atoms. The maximum Gasteiger partial charge on any atom is 0.498 e. The van der Waals surface area contributed by atoms with Crippen molar-refractivity contribution in [3.05, 3.63) is 23.8 Å². The first-order chi connectivity index (χ1) is 9.30. The Bertz CT molecular complexity index is 513. The average Bonchev–Trinajstić information content (AvgIpc) is 3.07. The van der Waals surface area contributed by atoms with E-state index in [-0.39, 0.29) is 5.82 Å². The number of halogens is 1. The van der Waals surface area contributed by atoms with Crippen LogP contribution in [0, 0.1) is 11.7 Å². The van der Waals surface area contributed by atoms with Crippen molar-refractivity contribution in [2.75, 3.05) is 0 Å². The largest absolute Gasteiger partial charge is 0.498 e. The molecule has 1 saturated carbocycles. The van der Waals surface area contributed by atoms with Gasteiger partial charge in [0.25, 0.3) is 0 Å². The minimum absolute atomic E-state index is 0.332. The van der Waals surface area contributed by atoms with Crippen LogP contribution >= 0.6 is 0 Å². The van der Waals surface area contributed by atoms with Crippen molar-refractivity contribution < 1.29 is 13.7 Å². The molecule has 0 N–H and O–H groups in total. The number of rotatable bonds is 3. The second-order valence-electron chi connectivity index (χ2n) is 6.93. The van der Waals surface area contributed by atoms with E-state index in [1.165, 1.54) is 19.0 Å². The average molecular weight is 277 g/mol. The molecule has 5 heteroatoms. The van der Waals surface area contributed by atoms with Gasteiger partial charge in [0.1, 0.15) is 5.82 Å². The monoisotopic (exact) mass is 277 g/mol. The van der Waals surface area contributed by atoms with E-state index in [9.17, 15) is 4.39 Å². The second kappa shape index (κ2) is 4.53. The van der Waals surface area contributed by atoms with E-state index in [0.29, 0.717) is 11.4 Å². The quantitative estimate of drug-likeness (QED) is 0.795. The SMILES string of the molecule is CC1(C)OB(c2c(F)cncc2CC2CC2)OC1(C)C. The molecule has 2 aliphatic rings. The number of aromatic nitrogens is 1. The Balaban J connectivity index is 1.94. The molecule has 0 atom stereocenters. The Morgan fingerprint density at radius 1 is 1.20 bits per heavy atom. The van der Waals surface area contributed by atoms with Crippen molar-refractivity contribution in [3.8, 4) is 0 Å². The molecule has 0 bridgehead atoms. The molecular formula is C15H21BFNO2. The molecule has 3 rings (SSSR count). The lowest BCUT2D eigenvalue weighted by atomic mass is 9.75. The highest BCUT2D eigenvalue weighted by Gasteiger charge is 2.53. The lowest BCUT2D eigenvalue weighted by Gasteiger charge is -2.32. The first kappa shape index (κ1) is 14.0. The lowest BCUT2D eigenvalue weighted by Crippen LogP contribution is -2.41. The van der Waals surface area contributed by atoms with Gasteiger partial charge in [-0.2, -0.15) is 0 Å². The third-order valence-electron chi connectivity index (χ3n) is 4.72. The molecule has 108 valence electrons.